The zero-order valence-electron chi connectivity index (χ0n) is 26.6. The van der Waals surface area contributed by atoms with E-state index in [0.29, 0.717) is 5.56 Å². The van der Waals surface area contributed by atoms with Crippen LogP contribution in [-0.4, -0.2) is 68.8 Å². The number of rotatable bonds is 16. The molecule has 5 rings (SSSR count). The van der Waals surface area contributed by atoms with Crippen LogP contribution in [0.3, 0.4) is 0 Å². The molecule has 3 aromatic carbocycles. The summed E-state index contributed by atoms with van der Waals surface area (Å²) in [5.41, 5.74) is 15.6. The molecule has 49 heavy (non-hydrogen) atoms. The third-order valence-corrected chi connectivity index (χ3v) is 8.39. The summed E-state index contributed by atoms with van der Waals surface area (Å²) in [6.45, 7) is 0. The van der Waals surface area contributed by atoms with Crippen LogP contribution in [-0.2, 0) is 43.2 Å². The number of fused-ring (bicyclic) bond motifs is 2. The summed E-state index contributed by atoms with van der Waals surface area (Å²) in [6.07, 6.45) is 3.37. The topological polar surface area (TPSA) is 225 Å². The van der Waals surface area contributed by atoms with Crippen molar-refractivity contribution in [2.45, 2.75) is 56.3 Å². The average molecular weight is 666 g/mol. The van der Waals surface area contributed by atoms with Crippen LogP contribution in [0.2, 0.25) is 0 Å². The Hall–Kier alpha value is -5.95. The Morgan fingerprint density at radius 3 is 1.69 bits per heavy atom. The maximum absolute atomic E-state index is 14.1. The standard InChI is InChI=1S/C36H39N7O6/c37-26(17-22-19-39-27-12-6-4-10-24(22)27)33(45)42-31(18-23-20-40-28-13-7-5-11-25(23)28)35(47)43-30(16-21-8-2-1-3-9-21)34(46)41-29(36(48)49)14-15-32(38)44/h1-13,19-20,26,29-31,39-40H,14-18,37H2,(H2,38,44)(H,41,46)(H,42,45)(H,43,47)(H,48,49). The van der Waals surface area contributed by atoms with E-state index in [1.165, 1.54) is 0 Å². The average Bonchev–Trinajstić information content (AvgIpc) is 3.70. The van der Waals surface area contributed by atoms with Crippen molar-refractivity contribution >= 4 is 51.4 Å². The Kier molecular flexibility index (Phi) is 11.1. The van der Waals surface area contributed by atoms with Gasteiger partial charge in [-0.3, -0.25) is 19.2 Å². The molecule has 0 saturated carbocycles. The molecule has 0 fully saturated rings. The van der Waals surface area contributed by atoms with Crippen molar-refractivity contribution in [3.05, 3.63) is 108 Å². The first kappa shape index (κ1) is 34.4. The summed E-state index contributed by atoms with van der Waals surface area (Å²) in [7, 11) is 0. The highest BCUT2D eigenvalue weighted by Crippen LogP contribution is 2.21. The number of nitrogens with two attached hydrogens (primary N) is 2. The number of amides is 4. The molecule has 4 amide bonds. The van der Waals surface area contributed by atoms with Crippen molar-refractivity contribution in [2.24, 2.45) is 11.5 Å². The first-order valence-corrected chi connectivity index (χ1v) is 15.9. The molecule has 2 heterocycles. The Balaban J connectivity index is 1.39. The monoisotopic (exact) mass is 665 g/mol. The lowest BCUT2D eigenvalue weighted by molar-refractivity contribution is -0.142. The Labute approximate surface area is 281 Å². The number of carboxylic acid groups (broad SMARTS) is 1. The Morgan fingerprint density at radius 2 is 1.12 bits per heavy atom. The van der Waals surface area contributed by atoms with Gasteiger partial charge in [0.25, 0.3) is 0 Å². The molecule has 0 bridgehead atoms. The number of hydrogen-bond acceptors (Lipinski definition) is 6. The number of para-hydroxylation sites is 2. The van der Waals surface area contributed by atoms with Crippen LogP contribution in [0.1, 0.15) is 29.5 Å². The molecule has 13 heteroatoms. The first-order valence-electron chi connectivity index (χ1n) is 15.9. The normalized spacial score (nSPS) is 13.7. The van der Waals surface area contributed by atoms with Crippen molar-refractivity contribution in [3.63, 3.8) is 0 Å². The van der Waals surface area contributed by atoms with Crippen LogP contribution in [0.4, 0.5) is 0 Å². The number of benzene rings is 3. The number of aliphatic carboxylic acids is 1. The second-order valence-electron chi connectivity index (χ2n) is 12.0. The number of carbonyl (C=O) groups excluding carboxylic acids is 4. The van der Waals surface area contributed by atoms with Crippen LogP contribution in [0.15, 0.2) is 91.3 Å². The Morgan fingerprint density at radius 1 is 0.633 bits per heavy atom. The third-order valence-electron chi connectivity index (χ3n) is 8.39. The summed E-state index contributed by atoms with van der Waals surface area (Å²) in [4.78, 5) is 70.7. The van der Waals surface area contributed by atoms with E-state index in [1.54, 1.807) is 42.7 Å². The number of carbonyl (C=O) groups is 5. The van der Waals surface area contributed by atoms with Gasteiger partial charge < -0.3 is 42.5 Å². The molecule has 254 valence electrons. The minimum Gasteiger partial charge on any atom is -0.480 e. The van der Waals surface area contributed by atoms with Crippen LogP contribution in [0.25, 0.3) is 21.8 Å². The van der Waals surface area contributed by atoms with E-state index in [0.717, 1.165) is 32.9 Å². The number of nitrogens with one attached hydrogen (secondary N) is 5. The second-order valence-corrected chi connectivity index (χ2v) is 12.0. The van der Waals surface area contributed by atoms with Gasteiger partial charge in [-0.25, -0.2) is 4.79 Å². The maximum Gasteiger partial charge on any atom is 0.326 e. The van der Waals surface area contributed by atoms with Gasteiger partial charge in [0.2, 0.25) is 23.6 Å². The van der Waals surface area contributed by atoms with Crippen molar-refractivity contribution in [2.75, 3.05) is 0 Å². The van der Waals surface area contributed by atoms with Gasteiger partial charge in [0.05, 0.1) is 6.04 Å². The summed E-state index contributed by atoms with van der Waals surface area (Å²) in [6, 6.07) is 19.2. The zero-order valence-corrected chi connectivity index (χ0v) is 26.6. The number of aromatic nitrogens is 2. The van der Waals surface area contributed by atoms with Crippen LogP contribution in [0, 0.1) is 0 Å². The number of aromatic amines is 2. The minimum atomic E-state index is -1.42. The van der Waals surface area contributed by atoms with Crippen LogP contribution in [0.5, 0.6) is 0 Å². The molecule has 0 aliphatic rings. The smallest absolute Gasteiger partial charge is 0.326 e. The van der Waals surface area contributed by atoms with E-state index in [4.69, 9.17) is 11.5 Å². The number of carboxylic acids is 1. The zero-order chi connectivity index (χ0) is 34.9. The largest absolute Gasteiger partial charge is 0.480 e. The number of primary amides is 1. The molecule has 13 nitrogen and oxygen atoms in total. The molecular formula is C36H39N7O6. The SMILES string of the molecule is NC(=O)CCC(NC(=O)C(Cc1ccccc1)NC(=O)C(Cc1c[nH]c2ccccc12)NC(=O)C(N)Cc1c[nH]c2ccccc12)C(=O)O. The molecule has 4 unspecified atom stereocenters. The van der Waals surface area contributed by atoms with Crippen molar-refractivity contribution in [1.29, 1.82) is 0 Å². The molecule has 0 aliphatic carbocycles. The van der Waals surface area contributed by atoms with Gasteiger partial charge in [-0.15, -0.1) is 0 Å². The predicted molar refractivity (Wildman–Crippen MR) is 184 cm³/mol. The fourth-order valence-electron chi connectivity index (χ4n) is 5.79. The molecule has 0 aliphatic heterocycles. The van der Waals surface area contributed by atoms with E-state index in [-0.39, 0.29) is 32.1 Å². The van der Waals surface area contributed by atoms with Gasteiger partial charge >= 0.3 is 5.97 Å². The summed E-state index contributed by atoms with van der Waals surface area (Å²) in [5, 5.41) is 19.5. The molecular weight excluding hydrogens is 626 g/mol. The van der Waals surface area contributed by atoms with E-state index in [2.05, 4.69) is 25.9 Å². The van der Waals surface area contributed by atoms with E-state index in [1.807, 2.05) is 48.5 Å². The fraction of sp³-hybridized carbons (Fsp3) is 0.250. The summed E-state index contributed by atoms with van der Waals surface area (Å²) < 4.78 is 0. The lowest BCUT2D eigenvalue weighted by atomic mass is 10.0. The van der Waals surface area contributed by atoms with Gasteiger partial charge in [0, 0.05) is 53.5 Å². The number of H-pyrrole nitrogens is 2. The molecule has 2 aromatic heterocycles. The molecule has 5 aromatic rings. The third kappa shape index (κ3) is 8.90. The highest BCUT2D eigenvalue weighted by atomic mass is 16.4. The highest BCUT2D eigenvalue weighted by Gasteiger charge is 2.31. The van der Waals surface area contributed by atoms with Crippen LogP contribution < -0.4 is 27.4 Å². The van der Waals surface area contributed by atoms with Gasteiger partial charge in [0.1, 0.15) is 18.1 Å². The van der Waals surface area contributed by atoms with Gasteiger partial charge in [-0.05, 0) is 41.7 Å². The van der Waals surface area contributed by atoms with E-state index >= 15 is 0 Å². The van der Waals surface area contributed by atoms with Crippen molar-refractivity contribution < 1.29 is 29.1 Å². The lowest BCUT2D eigenvalue weighted by Crippen LogP contribution is -2.58. The maximum atomic E-state index is 14.1. The molecule has 0 saturated heterocycles. The van der Waals surface area contributed by atoms with E-state index in [9.17, 15) is 29.1 Å². The van der Waals surface area contributed by atoms with Crippen molar-refractivity contribution in [3.8, 4) is 0 Å². The summed E-state index contributed by atoms with van der Waals surface area (Å²) in [5.74, 6) is -4.08. The molecule has 0 radical (unpaired) electrons. The quantitative estimate of drug-likeness (QED) is 0.0779. The predicted octanol–water partition coefficient (Wildman–Crippen LogP) is 1.81. The molecule has 4 atom stereocenters. The summed E-state index contributed by atoms with van der Waals surface area (Å²) >= 11 is 0. The van der Waals surface area contributed by atoms with Gasteiger partial charge in [-0.1, -0.05) is 66.7 Å². The van der Waals surface area contributed by atoms with Gasteiger partial charge in [-0.2, -0.15) is 0 Å². The molecule has 10 N–H and O–H groups in total. The second kappa shape index (κ2) is 15.8. The first-order chi connectivity index (χ1) is 23.6. The van der Waals surface area contributed by atoms with Gasteiger partial charge in [0.15, 0.2) is 0 Å². The number of hydrogen-bond donors (Lipinski definition) is 8. The highest BCUT2D eigenvalue weighted by molar-refractivity contribution is 5.95. The Bertz CT molecular complexity index is 1950. The van der Waals surface area contributed by atoms with Crippen LogP contribution >= 0.6 is 0 Å². The molecule has 0 spiro atoms. The fourth-order valence-corrected chi connectivity index (χ4v) is 5.79. The van der Waals surface area contributed by atoms with E-state index < -0.39 is 53.8 Å². The minimum absolute atomic E-state index is 0.0222. The van der Waals surface area contributed by atoms with Crippen molar-refractivity contribution in [1.82, 2.24) is 25.9 Å². The lowest BCUT2D eigenvalue weighted by Gasteiger charge is -2.25.